The van der Waals surface area contributed by atoms with E-state index in [4.69, 9.17) is 9.47 Å². The smallest absolute Gasteiger partial charge is 0.115 e. The molecular weight excluding hydrogens is 128 g/mol. The molecule has 2 aliphatic heterocycles. The van der Waals surface area contributed by atoms with Crippen molar-refractivity contribution in [3.05, 3.63) is 0 Å². The minimum Gasteiger partial charge on any atom is -0.375 e. The van der Waals surface area contributed by atoms with Gasteiger partial charge in [-0.2, -0.15) is 0 Å². The van der Waals surface area contributed by atoms with Gasteiger partial charge in [-0.15, -0.1) is 0 Å². The molecule has 2 fully saturated rings. The Morgan fingerprint density at radius 3 is 2.60 bits per heavy atom. The highest BCUT2D eigenvalue weighted by atomic mass is 16.6. The summed E-state index contributed by atoms with van der Waals surface area (Å²) in [5, 5.41) is 0. The summed E-state index contributed by atoms with van der Waals surface area (Å²) < 4.78 is 10.8. The molecule has 0 N–H and O–H groups in total. The van der Waals surface area contributed by atoms with Crippen LogP contribution in [0.3, 0.4) is 0 Å². The van der Waals surface area contributed by atoms with Gasteiger partial charge in [0.15, 0.2) is 0 Å². The van der Waals surface area contributed by atoms with Crippen LogP contribution in [-0.2, 0) is 9.47 Å². The summed E-state index contributed by atoms with van der Waals surface area (Å²) >= 11 is 0. The topological polar surface area (TPSA) is 18.5 Å². The van der Waals surface area contributed by atoms with Crippen LogP contribution in [0.2, 0.25) is 0 Å². The highest BCUT2D eigenvalue weighted by Crippen LogP contribution is 2.30. The number of rotatable bonds is 0. The van der Waals surface area contributed by atoms with E-state index < -0.39 is 0 Å². The maximum atomic E-state index is 5.70. The molecule has 0 saturated carbocycles. The Kier molecular flexibility index (Phi) is 1.66. The van der Waals surface area contributed by atoms with Gasteiger partial charge in [-0.3, -0.25) is 0 Å². The van der Waals surface area contributed by atoms with Crippen molar-refractivity contribution in [3.8, 4) is 0 Å². The lowest BCUT2D eigenvalue weighted by Gasteiger charge is -2.40. The van der Waals surface area contributed by atoms with E-state index in [0.29, 0.717) is 0 Å². The van der Waals surface area contributed by atoms with Gasteiger partial charge in [-0.05, 0) is 12.8 Å². The molecule has 2 aliphatic rings. The molecule has 2 rings (SSSR count). The second kappa shape index (κ2) is 2.51. The van der Waals surface area contributed by atoms with Gasteiger partial charge in [-0.1, -0.05) is 12.8 Å². The van der Waals surface area contributed by atoms with Crippen LogP contribution in [-0.4, -0.2) is 25.4 Å². The quantitative estimate of drug-likeness (QED) is 0.508. The fourth-order valence-corrected chi connectivity index (χ4v) is 1.64. The standard InChI is InChI=1S/C8H14O2/c1-2-4-8(6-9-7-8)10-5-3-1/h1-7H2. The molecule has 2 nitrogen and oxygen atoms in total. The summed E-state index contributed by atoms with van der Waals surface area (Å²) in [5.41, 5.74) is 0.163. The summed E-state index contributed by atoms with van der Waals surface area (Å²) in [5.74, 6) is 0. The third-order valence-corrected chi connectivity index (χ3v) is 2.42. The molecule has 0 unspecified atom stereocenters. The number of ether oxygens (including phenoxy) is 2. The van der Waals surface area contributed by atoms with Crippen LogP contribution >= 0.6 is 0 Å². The molecule has 2 heterocycles. The van der Waals surface area contributed by atoms with Crippen molar-refractivity contribution in [1.29, 1.82) is 0 Å². The first-order valence-corrected chi connectivity index (χ1v) is 4.13. The largest absolute Gasteiger partial charge is 0.375 e. The van der Waals surface area contributed by atoms with Crippen LogP contribution in [0.25, 0.3) is 0 Å². The highest BCUT2D eigenvalue weighted by Gasteiger charge is 2.39. The Balaban J connectivity index is 1.92. The minimum absolute atomic E-state index is 0.163. The van der Waals surface area contributed by atoms with Crippen molar-refractivity contribution in [2.24, 2.45) is 0 Å². The Morgan fingerprint density at radius 1 is 1.00 bits per heavy atom. The predicted molar refractivity (Wildman–Crippen MR) is 38.0 cm³/mol. The van der Waals surface area contributed by atoms with Gasteiger partial charge < -0.3 is 9.47 Å². The van der Waals surface area contributed by atoms with E-state index >= 15 is 0 Å². The minimum atomic E-state index is 0.163. The molecule has 0 aromatic rings. The van der Waals surface area contributed by atoms with Crippen LogP contribution in [0, 0.1) is 0 Å². The summed E-state index contributed by atoms with van der Waals surface area (Å²) in [4.78, 5) is 0. The lowest BCUT2D eigenvalue weighted by molar-refractivity contribution is -0.208. The molecule has 0 aromatic carbocycles. The maximum absolute atomic E-state index is 5.70. The van der Waals surface area contributed by atoms with Crippen LogP contribution in [0.1, 0.15) is 25.7 Å². The third kappa shape index (κ3) is 1.06. The lowest BCUT2D eigenvalue weighted by Crippen LogP contribution is -2.51. The van der Waals surface area contributed by atoms with E-state index in [9.17, 15) is 0 Å². The van der Waals surface area contributed by atoms with E-state index in [0.717, 1.165) is 19.8 Å². The molecule has 0 aromatic heterocycles. The zero-order valence-corrected chi connectivity index (χ0v) is 6.27. The fourth-order valence-electron chi connectivity index (χ4n) is 1.64. The monoisotopic (exact) mass is 142 g/mol. The van der Waals surface area contributed by atoms with Crippen molar-refractivity contribution >= 4 is 0 Å². The Hall–Kier alpha value is -0.0800. The Bertz CT molecular complexity index is 108. The molecule has 2 saturated heterocycles. The third-order valence-electron chi connectivity index (χ3n) is 2.42. The molecule has 2 heteroatoms. The highest BCUT2D eigenvalue weighted by molar-refractivity contribution is 4.88. The number of hydrogen-bond donors (Lipinski definition) is 0. The number of hydrogen-bond acceptors (Lipinski definition) is 2. The van der Waals surface area contributed by atoms with Gasteiger partial charge in [0.2, 0.25) is 0 Å². The van der Waals surface area contributed by atoms with Gasteiger partial charge in [0.25, 0.3) is 0 Å². The normalized spacial score (nSPS) is 31.2. The van der Waals surface area contributed by atoms with Crippen LogP contribution in [0.15, 0.2) is 0 Å². The van der Waals surface area contributed by atoms with Crippen molar-refractivity contribution in [1.82, 2.24) is 0 Å². The van der Waals surface area contributed by atoms with E-state index in [1.54, 1.807) is 0 Å². The zero-order valence-electron chi connectivity index (χ0n) is 6.27. The maximum Gasteiger partial charge on any atom is 0.115 e. The SMILES string of the molecule is C1CCOC2(CC1)COC2. The van der Waals surface area contributed by atoms with Gasteiger partial charge in [0.1, 0.15) is 5.60 Å². The molecule has 0 radical (unpaired) electrons. The fraction of sp³-hybridized carbons (Fsp3) is 1.00. The molecule has 1 spiro atoms. The van der Waals surface area contributed by atoms with E-state index in [-0.39, 0.29) is 5.60 Å². The average Bonchev–Trinajstić information content (AvgIpc) is 2.08. The first-order chi connectivity index (χ1) is 4.91. The van der Waals surface area contributed by atoms with Crippen molar-refractivity contribution in [3.63, 3.8) is 0 Å². The lowest BCUT2D eigenvalue weighted by atomic mass is 9.95. The molecule has 0 aliphatic carbocycles. The van der Waals surface area contributed by atoms with Gasteiger partial charge >= 0.3 is 0 Å². The second-order valence-corrected chi connectivity index (χ2v) is 3.33. The summed E-state index contributed by atoms with van der Waals surface area (Å²) in [6.07, 6.45) is 5.11. The molecule has 0 amide bonds. The molecule has 0 atom stereocenters. The molecule has 0 bridgehead atoms. The Morgan fingerprint density at radius 2 is 1.90 bits per heavy atom. The Labute approximate surface area is 61.5 Å². The first-order valence-electron chi connectivity index (χ1n) is 4.13. The van der Waals surface area contributed by atoms with Gasteiger partial charge in [-0.25, -0.2) is 0 Å². The molecule has 10 heavy (non-hydrogen) atoms. The predicted octanol–water partition coefficient (Wildman–Crippen LogP) is 1.35. The van der Waals surface area contributed by atoms with E-state index in [2.05, 4.69) is 0 Å². The molecule has 58 valence electrons. The summed E-state index contributed by atoms with van der Waals surface area (Å²) in [6, 6.07) is 0. The van der Waals surface area contributed by atoms with E-state index in [1.807, 2.05) is 0 Å². The van der Waals surface area contributed by atoms with Crippen LogP contribution < -0.4 is 0 Å². The van der Waals surface area contributed by atoms with Gasteiger partial charge in [0, 0.05) is 6.61 Å². The van der Waals surface area contributed by atoms with Crippen LogP contribution in [0.5, 0.6) is 0 Å². The van der Waals surface area contributed by atoms with Crippen LogP contribution in [0.4, 0.5) is 0 Å². The van der Waals surface area contributed by atoms with E-state index in [1.165, 1.54) is 25.7 Å². The first kappa shape index (κ1) is 6.62. The second-order valence-electron chi connectivity index (χ2n) is 3.33. The zero-order chi connectivity index (χ0) is 6.86. The van der Waals surface area contributed by atoms with Crippen molar-refractivity contribution in [2.45, 2.75) is 31.3 Å². The van der Waals surface area contributed by atoms with Gasteiger partial charge in [0.05, 0.1) is 13.2 Å². The average molecular weight is 142 g/mol. The van der Waals surface area contributed by atoms with Crippen molar-refractivity contribution in [2.75, 3.05) is 19.8 Å². The van der Waals surface area contributed by atoms with Crippen molar-refractivity contribution < 1.29 is 9.47 Å². The summed E-state index contributed by atoms with van der Waals surface area (Å²) in [7, 11) is 0. The molecular formula is C8H14O2. The summed E-state index contributed by atoms with van der Waals surface area (Å²) in [6.45, 7) is 2.63.